The Kier molecular flexibility index (Phi) is 1.88. The molecule has 6 nitrogen and oxygen atoms in total. The molecule has 6 atom stereocenters. The molecule has 0 amide bonds. The largest absolute Gasteiger partial charge is 0.393 e. The van der Waals surface area contributed by atoms with E-state index in [4.69, 9.17) is 9.84 Å². The summed E-state index contributed by atoms with van der Waals surface area (Å²) in [6.45, 7) is -0.486. The Morgan fingerprint density at radius 2 is 1.62 bits per heavy atom. The second kappa shape index (κ2) is 2.63. The van der Waals surface area contributed by atoms with E-state index in [1.54, 1.807) is 0 Å². The second-order valence-electron chi connectivity index (χ2n) is 3.57. The average molecular weight is 192 g/mol. The maximum atomic E-state index is 9.42. The van der Waals surface area contributed by atoms with Crippen molar-refractivity contribution in [3.05, 3.63) is 0 Å². The van der Waals surface area contributed by atoms with Crippen molar-refractivity contribution in [2.24, 2.45) is 0 Å². The van der Waals surface area contributed by atoms with Gasteiger partial charge in [0, 0.05) is 0 Å². The highest BCUT2D eigenvalue weighted by molar-refractivity contribution is 5.19. The summed E-state index contributed by atoms with van der Waals surface area (Å²) in [4.78, 5) is 0. The average Bonchev–Trinajstić information content (AvgIpc) is 2.87. The molecule has 0 aromatic carbocycles. The van der Waals surface area contributed by atoms with Crippen molar-refractivity contribution in [3.63, 3.8) is 0 Å². The number of epoxide rings is 1. The van der Waals surface area contributed by atoms with E-state index in [2.05, 4.69) is 0 Å². The third-order valence-corrected chi connectivity index (χ3v) is 2.85. The Hall–Kier alpha value is -0.240. The minimum atomic E-state index is -1.49. The Balaban J connectivity index is 2.22. The standard InChI is InChI=1S/C7H12O6/c8-1-7-5(12)3(10)2(9)4(11)6(7)13-7/h2-6,8-12H,1H2/t2-,3-,4-,5+,6-,7+/m1/s1. The van der Waals surface area contributed by atoms with Gasteiger partial charge in [-0.3, -0.25) is 0 Å². The first-order valence-electron chi connectivity index (χ1n) is 4.05. The minimum absolute atomic E-state index is 0.486. The van der Waals surface area contributed by atoms with E-state index >= 15 is 0 Å². The summed E-state index contributed by atoms with van der Waals surface area (Å²) in [5, 5.41) is 46.1. The van der Waals surface area contributed by atoms with Crippen LogP contribution in [0.15, 0.2) is 0 Å². The highest BCUT2D eigenvalue weighted by Gasteiger charge is 2.71. The first kappa shape index (κ1) is 9.32. The molecule has 2 aliphatic rings. The maximum Gasteiger partial charge on any atom is 0.149 e. The molecule has 0 unspecified atom stereocenters. The summed E-state index contributed by atoms with van der Waals surface area (Å²) < 4.78 is 4.91. The van der Waals surface area contributed by atoms with E-state index in [-0.39, 0.29) is 0 Å². The van der Waals surface area contributed by atoms with Crippen LogP contribution in [0.5, 0.6) is 0 Å². The molecular formula is C7H12O6. The SMILES string of the molecule is OC[C@@]12O[C@@H]1[C@H](O)[C@H](O)[C@@H](O)[C@@H]2O. The summed E-state index contributed by atoms with van der Waals surface area (Å²) in [5.74, 6) is 0. The fourth-order valence-corrected chi connectivity index (χ4v) is 1.88. The highest BCUT2D eigenvalue weighted by Crippen LogP contribution is 2.47. The zero-order chi connectivity index (χ0) is 9.80. The Morgan fingerprint density at radius 3 is 2.15 bits per heavy atom. The molecule has 0 radical (unpaired) electrons. The first-order chi connectivity index (χ1) is 6.04. The fourth-order valence-electron chi connectivity index (χ4n) is 1.88. The zero-order valence-corrected chi connectivity index (χ0v) is 6.74. The monoisotopic (exact) mass is 192 g/mol. The van der Waals surface area contributed by atoms with Crippen molar-refractivity contribution in [3.8, 4) is 0 Å². The van der Waals surface area contributed by atoms with Crippen LogP contribution >= 0.6 is 0 Å². The number of rotatable bonds is 1. The molecule has 1 saturated heterocycles. The molecule has 1 aliphatic heterocycles. The van der Waals surface area contributed by atoms with Gasteiger partial charge in [-0.25, -0.2) is 0 Å². The zero-order valence-electron chi connectivity index (χ0n) is 6.74. The van der Waals surface area contributed by atoms with E-state index in [1.165, 1.54) is 0 Å². The Bertz CT molecular complexity index is 221. The van der Waals surface area contributed by atoms with Gasteiger partial charge in [0.2, 0.25) is 0 Å². The molecule has 5 N–H and O–H groups in total. The van der Waals surface area contributed by atoms with Gasteiger partial charge in [-0.2, -0.15) is 0 Å². The topological polar surface area (TPSA) is 114 Å². The summed E-state index contributed by atoms with van der Waals surface area (Å²) in [6, 6.07) is 0. The molecule has 2 fully saturated rings. The van der Waals surface area contributed by atoms with Crippen molar-refractivity contribution in [2.45, 2.75) is 36.1 Å². The molecule has 2 rings (SSSR count). The lowest BCUT2D eigenvalue weighted by Crippen LogP contribution is -2.59. The summed E-state index contributed by atoms with van der Waals surface area (Å²) in [7, 11) is 0. The fraction of sp³-hybridized carbons (Fsp3) is 1.00. The van der Waals surface area contributed by atoms with Crippen LogP contribution < -0.4 is 0 Å². The van der Waals surface area contributed by atoms with E-state index in [0.717, 1.165) is 0 Å². The smallest absolute Gasteiger partial charge is 0.149 e. The van der Waals surface area contributed by atoms with E-state index in [0.29, 0.717) is 0 Å². The van der Waals surface area contributed by atoms with Crippen LogP contribution in [0, 0.1) is 0 Å². The number of aliphatic hydroxyl groups excluding tert-OH is 5. The lowest BCUT2D eigenvalue weighted by Gasteiger charge is -2.33. The molecule has 13 heavy (non-hydrogen) atoms. The number of fused-ring (bicyclic) bond motifs is 1. The summed E-state index contributed by atoms with van der Waals surface area (Å²) in [6.07, 6.45) is -6.32. The maximum absolute atomic E-state index is 9.42. The van der Waals surface area contributed by atoms with Crippen LogP contribution in [0.4, 0.5) is 0 Å². The van der Waals surface area contributed by atoms with Gasteiger partial charge in [-0.05, 0) is 0 Å². The van der Waals surface area contributed by atoms with Crippen LogP contribution in [-0.2, 0) is 4.74 Å². The van der Waals surface area contributed by atoms with Crippen molar-refractivity contribution in [1.29, 1.82) is 0 Å². The van der Waals surface area contributed by atoms with Crippen molar-refractivity contribution in [1.82, 2.24) is 0 Å². The van der Waals surface area contributed by atoms with Gasteiger partial charge in [0.05, 0.1) is 6.61 Å². The van der Waals surface area contributed by atoms with Gasteiger partial charge in [-0.1, -0.05) is 0 Å². The Labute approximate surface area is 74.0 Å². The second-order valence-corrected chi connectivity index (χ2v) is 3.57. The van der Waals surface area contributed by atoms with Crippen LogP contribution in [-0.4, -0.2) is 68.3 Å². The van der Waals surface area contributed by atoms with Gasteiger partial charge in [0.15, 0.2) is 0 Å². The van der Waals surface area contributed by atoms with Gasteiger partial charge in [-0.15, -0.1) is 0 Å². The quantitative estimate of drug-likeness (QED) is 0.276. The van der Waals surface area contributed by atoms with Crippen LogP contribution in [0.2, 0.25) is 0 Å². The van der Waals surface area contributed by atoms with E-state index in [9.17, 15) is 20.4 Å². The number of hydrogen-bond acceptors (Lipinski definition) is 6. The molecule has 1 saturated carbocycles. The lowest BCUT2D eigenvalue weighted by molar-refractivity contribution is -0.141. The third-order valence-electron chi connectivity index (χ3n) is 2.85. The van der Waals surface area contributed by atoms with Gasteiger partial charge in [0.25, 0.3) is 0 Å². The molecule has 0 aromatic heterocycles. The highest BCUT2D eigenvalue weighted by atomic mass is 16.7. The predicted octanol–water partition coefficient (Wildman–Crippen LogP) is -3.43. The number of ether oxygens (including phenoxy) is 1. The lowest BCUT2D eigenvalue weighted by atomic mass is 9.81. The summed E-state index contributed by atoms with van der Waals surface area (Å²) >= 11 is 0. The molecule has 6 heteroatoms. The normalized spacial score (nSPS) is 60.2. The van der Waals surface area contributed by atoms with Crippen molar-refractivity contribution >= 4 is 0 Å². The predicted molar refractivity (Wildman–Crippen MR) is 38.7 cm³/mol. The van der Waals surface area contributed by atoms with E-state index in [1.807, 2.05) is 0 Å². The molecule has 0 bridgehead atoms. The van der Waals surface area contributed by atoms with E-state index < -0.39 is 42.7 Å². The van der Waals surface area contributed by atoms with Crippen LogP contribution in [0.25, 0.3) is 0 Å². The van der Waals surface area contributed by atoms with Crippen LogP contribution in [0.1, 0.15) is 0 Å². The Morgan fingerprint density at radius 1 is 1.00 bits per heavy atom. The molecule has 0 aromatic rings. The third kappa shape index (κ3) is 0.983. The summed E-state index contributed by atoms with van der Waals surface area (Å²) in [5.41, 5.74) is -1.28. The molecule has 0 spiro atoms. The minimum Gasteiger partial charge on any atom is -0.393 e. The first-order valence-corrected chi connectivity index (χ1v) is 4.05. The van der Waals surface area contributed by atoms with Gasteiger partial charge < -0.3 is 30.3 Å². The molecule has 1 aliphatic carbocycles. The van der Waals surface area contributed by atoms with Gasteiger partial charge in [0.1, 0.15) is 36.1 Å². The van der Waals surface area contributed by atoms with Gasteiger partial charge >= 0.3 is 0 Å². The number of aliphatic hydroxyl groups is 5. The van der Waals surface area contributed by atoms with Crippen molar-refractivity contribution in [2.75, 3.05) is 6.61 Å². The molecule has 76 valence electrons. The van der Waals surface area contributed by atoms with Crippen LogP contribution in [0.3, 0.4) is 0 Å². The van der Waals surface area contributed by atoms with Crippen molar-refractivity contribution < 1.29 is 30.3 Å². The molecule has 1 heterocycles. The molecular weight excluding hydrogens is 180 g/mol. The number of hydrogen-bond donors (Lipinski definition) is 5.